The van der Waals surface area contributed by atoms with Crippen LogP contribution in [-0.2, 0) is 11.2 Å². The molecule has 83 valence electrons. The molecule has 1 amide bonds. The van der Waals surface area contributed by atoms with Gasteiger partial charge in [-0.05, 0) is 43.5 Å². The summed E-state index contributed by atoms with van der Waals surface area (Å²) in [4.78, 5) is 14.2. The summed E-state index contributed by atoms with van der Waals surface area (Å²) in [6, 6.07) is 8.99. The van der Waals surface area contributed by atoms with Crippen molar-refractivity contribution in [1.82, 2.24) is 5.32 Å². The van der Waals surface area contributed by atoms with Crippen LogP contribution in [0.2, 0.25) is 0 Å². The maximum absolute atomic E-state index is 12.3. The normalized spacial score (nSPS) is 23.5. The lowest BCUT2D eigenvalue weighted by molar-refractivity contribution is -0.120. The zero-order valence-electron chi connectivity index (χ0n) is 9.20. The van der Waals surface area contributed by atoms with Crippen molar-refractivity contribution in [3.8, 4) is 0 Å². The molecular weight excluding hydrogens is 200 g/mol. The molecule has 2 heterocycles. The Labute approximate surface area is 95.4 Å². The third kappa shape index (κ3) is 1.52. The number of carbonyl (C=O) groups is 1. The van der Waals surface area contributed by atoms with Crippen LogP contribution < -0.4 is 10.2 Å². The summed E-state index contributed by atoms with van der Waals surface area (Å²) in [7, 11) is 0. The Morgan fingerprint density at radius 3 is 3.31 bits per heavy atom. The molecule has 1 saturated heterocycles. The van der Waals surface area contributed by atoms with Gasteiger partial charge in [-0.1, -0.05) is 12.1 Å². The first-order valence-corrected chi connectivity index (χ1v) is 5.90. The van der Waals surface area contributed by atoms with Crippen molar-refractivity contribution >= 4 is 11.6 Å². The van der Waals surface area contributed by atoms with E-state index in [0.717, 1.165) is 38.0 Å². The Morgan fingerprint density at radius 2 is 2.50 bits per heavy atom. The molecule has 1 fully saturated rings. The van der Waals surface area contributed by atoms with Gasteiger partial charge in [0.05, 0.1) is 6.04 Å². The SMILES string of the molecule is O=C([C@@H]1CCCN1)N1CCc2cc[c]cc21. The van der Waals surface area contributed by atoms with Crippen molar-refractivity contribution in [2.24, 2.45) is 0 Å². The number of nitrogens with zero attached hydrogens (tertiary/aromatic N) is 1. The number of hydrogen-bond acceptors (Lipinski definition) is 2. The van der Waals surface area contributed by atoms with Gasteiger partial charge in [-0.25, -0.2) is 0 Å². The first-order chi connectivity index (χ1) is 7.86. The lowest BCUT2D eigenvalue weighted by Crippen LogP contribution is -2.42. The minimum atomic E-state index is 0.0335. The number of anilines is 1. The van der Waals surface area contributed by atoms with E-state index < -0.39 is 0 Å². The van der Waals surface area contributed by atoms with Crippen LogP contribution in [0.1, 0.15) is 18.4 Å². The van der Waals surface area contributed by atoms with Gasteiger partial charge < -0.3 is 10.2 Å². The van der Waals surface area contributed by atoms with Crippen LogP contribution in [0.25, 0.3) is 0 Å². The molecule has 2 aliphatic heterocycles. The quantitative estimate of drug-likeness (QED) is 0.761. The Morgan fingerprint density at radius 1 is 1.56 bits per heavy atom. The minimum Gasteiger partial charge on any atom is -0.310 e. The highest BCUT2D eigenvalue weighted by Gasteiger charge is 2.31. The van der Waals surface area contributed by atoms with Crippen LogP contribution in [0.3, 0.4) is 0 Å². The van der Waals surface area contributed by atoms with E-state index in [1.165, 1.54) is 5.56 Å². The number of hydrogen-bond donors (Lipinski definition) is 1. The molecule has 1 aromatic rings. The summed E-state index contributed by atoms with van der Waals surface area (Å²) in [5.74, 6) is 0.232. The average Bonchev–Trinajstić information content (AvgIpc) is 2.98. The summed E-state index contributed by atoms with van der Waals surface area (Å²) in [6.07, 6.45) is 3.06. The number of carbonyl (C=O) groups excluding carboxylic acids is 1. The van der Waals surface area contributed by atoms with E-state index in [0.29, 0.717) is 0 Å². The Kier molecular flexibility index (Phi) is 2.40. The molecule has 0 aromatic heterocycles. The number of rotatable bonds is 1. The van der Waals surface area contributed by atoms with Gasteiger partial charge in [0.2, 0.25) is 5.91 Å². The van der Waals surface area contributed by atoms with Crippen molar-refractivity contribution in [2.45, 2.75) is 25.3 Å². The lowest BCUT2D eigenvalue weighted by Gasteiger charge is -2.21. The Balaban J connectivity index is 1.84. The van der Waals surface area contributed by atoms with E-state index in [9.17, 15) is 4.79 Å². The topological polar surface area (TPSA) is 32.3 Å². The second-order valence-electron chi connectivity index (χ2n) is 4.44. The van der Waals surface area contributed by atoms with E-state index in [2.05, 4.69) is 17.4 Å². The molecule has 1 atom stereocenters. The van der Waals surface area contributed by atoms with Gasteiger partial charge in [0.1, 0.15) is 0 Å². The van der Waals surface area contributed by atoms with Gasteiger partial charge in [-0.15, -0.1) is 0 Å². The van der Waals surface area contributed by atoms with Crippen LogP contribution in [0.4, 0.5) is 5.69 Å². The predicted molar refractivity (Wildman–Crippen MR) is 62.4 cm³/mol. The summed E-state index contributed by atoms with van der Waals surface area (Å²) < 4.78 is 0. The molecule has 0 unspecified atom stereocenters. The van der Waals surface area contributed by atoms with Gasteiger partial charge in [0, 0.05) is 12.2 Å². The molecule has 1 N–H and O–H groups in total. The van der Waals surface area contributed by atoms with E-state index in [1.807, 2.05) is 17.0 Å². The summed E-state index contributed by atoms with van der Waals surface area (Å²) in [5.41, 5.74) is 2.33. The molecule has 3 nitrogen and oxygen atoms in total. The molecule has 0 bridgehead atoms. The van der Waals surface area contributed by atoms with Gasteiger partial charge in [-0.3, -0.25) is 4.79 Å². The standard InChI is InChI=1S/C13H15N2O/c16-13(11-5-3-8-14-11)15-9-7-10-4-1-2-6-12(10)15/h1,4,6,11,14H,3,5,7-9H2/t11-/m0/s1. The zero-order chi connectivity index (χ0) is 11.0. The average molecular weight is 215 g/mol. The molecular formula is C13H15N2O. The Hall–Kier alpha value is -1.35. The fourth-order valence-electron chi connectivity index (χ4n) is 2.58. The fraction of sp³-hybridized carbons (Fsp3) is 0.462. The number of fused-ring (bicyclic) bond motifs is 1. The second-order valence-corrected chi connectivity index (χ2v) is 4.44. The number of amides is 1. The van der Waals surface area contributed by atoms with Gasteiger partial charge in [0.15, 0.2) is 0 Å². The molecule has 3 heteroatoms. The predicted octanol–water partition coefficient (Wildman–Crippen LogP) is 1.13. The van der Waals surface area contributed by atoms with Crippen LogP contribution in [0.15, 0.2) is 18.2 Å². The first-order valence-electron chi connectivity index (χ1n) is 5.90. The zero-order valence-corrected chi connectivity index (χ0v) is 9.20. The van der Waals surface area contributed by atoms with Crippen LogP contribution in [0, 0.1) is 6.07 Å². The first kappa shape index (κ1) is 9.85. The van der Waals surface area contributed by atoms with Crippen molar-refractivity contribution < 1.29 is 4.79 Å². The largest absolute Gasteiger partial charge is 0.310 e. The second kappa shape index (κ2) is 3.91. The van der Waals surface area contributed by atoms with Crippen LogP contribution in [-0.4, -0.2) is 25.0 Å². The fourth-order valence-corrected chi connectivity index (χ4v) is 2.58. The van der Waals surface area contributed by atoms with Crippen molar-refractivity contribution in [3.05, 3.63) is 29.8 Å². The highest BCUT2D eigenvalue weighted by Crippen LogP contribution is 2.28. The molecule has 1 aromatic carbocycles. The lowest BCUT2D eigenvalue weighted by atomic mass is 10.1. The smallest absolute Gasteiger partial charge is 0.244 e. The minimum absolute atomic E-state index is 0.0335. The third-order valence-corrected chi connectivity index (χ3v) is 3.45. The van der Waals surface area contributed by atoms with Gasteiger partial charge in [0.25, 0.3) is 0 Å². The third-order valence-electron chi connectivity index (χ3n) is 3.45. The number of nitrogens with one attached hydrogen (secondary N) is 1. The van der Waals surface area contributed by atoms with Crippen molar-refractivity contribution in [3.63, 3.8) is 0 Å². The van der Waals surface area contributed by atoms with Gasteiger partial charge in [-0.2, -0.15) is 0 Å². The van der Waals surface area contributed by atoms with Crippen molar-refractivity contribution in [1.29, 1.82) is 0 Å². The van der Waals surface area contributed by atoms with Gasteiger partial charge >= 0.3 is 0 Å². The molecule has 3 rings (SSSR count). The highest BCUT2D eigenvalue weighted by molar-refractivity contribution is 5.99. The molecule has 16 heavy (non-hydrogen) atoms. The van der Waals surface area contributed by atoms with Crippen LogP contribution in [0.5, 0.6) is 0 Å². The summed E-state index contributed by atoms with van der Waals surface area (Å²) in [6.45, 7) is 1.79. The summed E-state index contributed by atoms with van der Waals surface area (Å²) in [5, 5.41) is 3.26. The molecule has 1 radical (unpaired) electrons. The maximum atomic E-state index is 12.3. The van der Waals surface area contributed by atoms with E-state index >= 15 is 0 Å². The molecule has 2 aliphatic rings. The monoisotopic (exact) mass is 215 g/mol. The maximum Gasteiger partial charge on any atom is 0.244 e. The van der Waals surface area contributed by atoms with E-state index in [-0.39, 0.29) is 11.9 Å². The molecule has 0 aliphatic carbocycles. The van der Waals surface area contributed by atoms with E-state index in [1.54, 1.807) is 0 Å². The van der Waals surface area contributed by atoms with Crippen LogP contribution >= 0.6 is 0 Å². The number of benzene rings is 1. The van der Waals surface area contributed by atoms with Crippen molar-refractivity contribution in [2.75, 3.05) is 18.0 Å². The Bertz CT molecular complexity index is 410. The molecule has 0 spiro atoms. The highest BCUT2D eigenvalue weighted by atomic mass is 16.2. The molecule has 0 saturated carbocycles. The van der Waals surface area contributed by atoms with E-state index in [4.69, 9.17) is 0 Å². The summed E-state index contributed by atoms with van der Waals surface area (Å²) >= 11 is 0.